The zero-order chi connectivity index (χ0) is 12.5. The van der Waals surface area contributed by atoms with E-state index >= 15 is 0 Å². The van der Waals surface area contributed by atoms with Gasteiger partial charge < -0.3 is 10.0 Å². The molecular weight excluding hydrogens is 239 g/mol. The van der Waals surface area contributed by atoms with Crippen LogP contribution in [-0.2, 0) is 9.84 Å². The second-order valence-corrected chi connectivity index (χ2v) is 6.62. The van der Waals surface area contributed by atoms with Gasteiger partial charge in [0.2, 0.25) is 0 Å². The van der Waals surface area contributed by atoms with E-state index in [1.165, 1.54) is 24.3 Å². The van der Waals surface area contributed by atoms with Gasteiger partial charge in [-0.3, -0.25) is 0 Å². The molecule has 1 aromatic rings. The summed E-state index contributed by atoms with van der Waals surface area (Å²) >= 11 is 0. The lowest BCUT2D eigenvalue weighted by Crippen LogP contribution is -2.29. The van der Waals surface area contributed by atoms with Crippen molar-refractivity contribution in [1.82, 2.24) is 0 Å². The summed E-state index contributed by atoms with van der Waals surface area (Å²) in [7, 11) is -4.80. The number of rotatable bonds is 3. The highest BCUT2D eigenvalue weighted by Gasteiger charge is 2.30. The van der Waals surface area contributed by atoms with Gasteiger partial charge in [-0.25, -0.2) is 8.42 Å². The molecule has 92 valence electrons. The molecule has 1 aliphatic rings. The SMILES string of the molecule is O=S(=O)(c1ccc(B(O)O)cc1)C1CCCC1. The molecule has 0 amide bonds. The standard InChI is InChI=1S/C11H15BO4S/c13-12(14)9-5-7-11(8-6-9)17(15,16)10-3-1-2-4-10/h5-8,10,13-14H,1-4H2. The molecule has 2 N–H and O–H groups in total. The van der Waals surface area contributed by atoms with Crippen molar-refractivity contribution in [2.24, 2.45) is 0 Å². The Bertz CT molecular complexity index is 475. The van der Waals surface area contributed by atoms with Gasteiger partial charge in [0.05, 0.1) is 10.1 Å². The molecule has 2 rings (SSSR count). The zero-order valence-corrected chi connectivity index (χ0v) is 10.2. The van der Waals surface area contributed by atoms with Crippen LogP contribution in [0.25, 0.3) is 0 Å². The molecule has 17 heavy (non-hydrogen) atoms. The van der Waals surface area contributed by atoms with Crippen molar-refractivity contribution in [2.75, 3.05) is 0 Å². The number of hydrogen-bond acceptors (Lipinski definition) is 4. The van der Waals surface area contributed by atoms with Crippen molar-refractivity contribution < 1.29 is 18.5 Å². The van der Waals surface area contributed by atoms with Crippen LogP contribution in [0.5, 0.6) is 0 Å². The van der Waals surface area contributed by atoms with E-state index in [9.17, 15) is 8.42 Å². The minimum Gasteiger partial charge on any atom is -0.423 e. The molecule has 0 unspecified atom stereocenters. The minimum atomic E-state index is -3.24. The lowest BCUT2D eigenvalue weighted by molar-refractivity contribution is 0.425. The Morgan fingerprint density at radius 3 is 2.06 bits per heavy atom. The van der Waals surface area contributed by atoms with E-state index in [0.29, 0.717) is 5.46 Å². The van der Waals surface area contributed by atoms with Crippen molar-refractivity contribution in [3.8, 4) is 0 Å². The Kier molecular flexibility index (Phi) is 3.56. The van der Waals surface area contributed by atoms with Crippen LogP contribution >= 0.6 is 0 Å². The maximum atomic E-state index is 12.2. The Balaban J connectivity index is 2.27. The lowest BCUT2D eigenvalue weighted by atomic mass is 9.81. The van der Waals surface area contributed by atoms with Crippen LogP contribution in [0, 0.1) is 0 Å². The predicted octanol–water partition coefficient (Wildman–Crippen LogP) is 0.0827. The van der Waals surface area contributed by atoms with Gasteiger partial charge in [0.1, 0.15) is 0 Å². The van der Waals surface area contributed by atoms with Crippen LogP contribution < -0.4 is 5.46 Å². The largest absolute Gasteiger partial charge is 0.488 e. The third-order valence-corrected chi connectivity index (χ3v) is 5.53. The van der Waals surface area contributed by atoms with E-state index in [4.69, 9.17) is 10.0 Å². The molecule has 1 saturated carbocycles. The molecule has 0 spiro atoms. The van der Waals surface area contributed by atoms with Crippen molar-refractivity contribution in [1.29, 1.82) is 0 Å². The van der Waals surface area contributed by atoms with Gasteiger partial charge in [-0.1, -0.05) is 25.0 Å². The first kappa shape index (κ1) is 12.6. The second-order valence-electron chi connectivity index (χ2n) is 4.39. The first-order chi connectivity index (χ1) is 8.01. The number of sulfone groups is 1. The average Bonchev–Trinajstić information content (AvgIpc) is 2.83. The molecule has 1 aromatic carbocycles. The summed E-state index contributed by atoms with van der Waals surface area (Å²) in [5, 5.41) is 17.6. The predicted molar refractivity (Wildman–Crippen MR) is 65.7 cm³/mol. The van der Waals surface area contributed by atoms with Gasteiger partial charge in [0.25, 0.3) is 0 Å². The summed E-state index contributed by atoms with van der Waals surface area (Å²) in [6.45, 7) is 0. The van der Waals surface area contributed by atoms with E-state index in [2.05, 4.69) is 0 Å². The first-order valence-electron chi connectivity index (χ1n) is 5.72. The fraction of sp³-hybridized carbons (Fsp3) is 0.455. The van der Waals surface area contributed by atoms with Gasteiger partial charge in [0.15, 0.2) is 9.84 Å². The minimum absolute atomic E-state index is 0.271. The molecule has 0 saturated heterocycles. The Morgan fingerprint density at radius 2 is 1.59 bits per heavy atom. The van der Waals surface area contributed by atoms with Crippen LogP contribution in [0.15, 0.2) is 29.2 Å². The van der Waals surface area contributed by atoms with Crippen molar-refractivity contribution >= 4 is 22.4 Å². The first-order valence-corrected chi connectivity index (χ1v) is 7.26. The summed E-state index contributed by atoms with van der Waals surface area (Å²) in [4.78, 5) is 0.272. The number of benzene rings is 1. The fourth-order valence-corrected chi connectivity index (χ4v) is 4.08. The Hall–Kier alpha value is -0.845. The van der Waals surface area contributed by atoms with Crippen LogP contribution in [0.2, 0.25) is 0 Å². The highest BCUT2D eigenvalue weighted by molar-refractivity contribution is 7.92. The van der Waals surface area contributed by atoms with Crippen LogP contribution in [0.1, 0.15) is 25.7 Å². The van der Waals surface area contributed by atoms with Crippen molar-refractivity contribution in [3.63, 3.8) is 0 Å². The number of hydrogen-bond donors (Lipinski definition) is 2. The van der Waals surface area contributed by atoms with Crippen LogP contribution in [0.4, 0.5) is 0 Å². The molecule has 4 nitrogen and oxygen atoms in total. The molecule has 0 atom stereocenters. The summed E-state index contributed by atoms with van der Waals surface area (Å²) in [6.07, 6.45) is 3.40. The van der Waals surface area contributed by atoms with Gasteiger partial charge in [-0.2, -0.15) is 0 Å². The Labute approximate surface area is 101 Å². The summed E-state index contributed by atoms with van der Waals surface area (Å²) < 4.78 is 24.4. The Morgan fingerprint density at radius 1 is 1.06 bits per heavy atom. The molecule has 0 heterocycles. The van der Waals surface area contributed by atoms with Gasteiger partial charge >= 0.3 is 7.12 Å². The summed E-state index contributed by atoms with van der Waals surface area (Å²) in [6, 6.07) is 5.77. The van der Waals surface area contributed by atoms with E-state index in [1.807, 2.05) is 0 Å². The van der Waals surface area contributed by atoms with E-state index in [1.54, 1.807) is 0 Å². The molecule has 0 bridgehead atoms. The van der Waals surface area contributed by atoms with Crippen molar-refractivity contribution in [3.05, 3.63) is 24.3 Å². The third kappa shape index (κ3) is 2.54. The maximum absolute atomic E-state index is 12.2. The van der Waals surface area contributed by atoms with Gasteiger partial charge in [0, 0.05) is 0 Å². The van der Waals surface area contributed by atoms with Crippen LogP contribution in [0.3, 0.4) is 0 Å². The molecular formula is C11H15BO4S. The third-order valence-electron chi connectivity index (χ3n) is 3.25. The smallest absolute Gasteiger partial charge is 0.423 e. The van der Waals surface area contributed by atoms with Gasteiger partial charge in [-0.05, 0) is 30.4 Å². The summed E-state index contributed by atoms with van der Waals surface area (Å²) in [5.74, 6) is 0. The van der Waals surface area contributed by atoms with Crippen molar-refractivity contribution in [2.45, 2.75) is 35.8 Å². The normalized spacial score (nSPS) is 17.3. The summed E-state index contributed by atoms with van der Waals surface area (Å²) in [5.41, 5.74) is 0.301. The lowest BCUT2D eigenvalue weighted by Gasteiger charge is -2.11. The van der Waals surface area contributed by atoms with Crippen LogP contribution in [-0.4, -0.2) is 30.8 Å². The highest BCUT2D eigenvalue weighted by atomic mass is 32.2. The second kappa shape index (κ2) is 4.80. The molecule has 1 fully saturated rings. The van der Waals surface area contributed by atoms with E-state index < -0.39 is 17.0 Å². The highest BCUT2D eigenvalue weighted by Crippen LogP contribution is 2.29. The molecule has 0 radical (unpaired) electrons. The molecule has 0 aliphatic heterocycles. The van der Waals surface area contributed by atoms with E-state index in [0.717, 1.165) is 25.7 Å². The maximum Gasteiger partial charge on any atom is 0.488 e. The average molecular weight is 254 g/mol. The molecule has 6 heteroatoms. The van der Waals surface area contributed by atoms with Gasteiger partial charge in [-0.15, -0.1) is 0 Å². The quantitative estimate of drug-likeness (QED) is 0.749. The molecule has 1 aliphatic carbocycles. The fourth-order valence-electron chi connectivity index (χ4n) is 2.22. The topological polar surface area (TPSA) is 74.6 Å². The molecule has 0 aromatic heterocycles. The zero-order valence-electron chi connectivity index (χ0n) is 9.41. The monoisotopic (exact) mass is 254 g/mol. The van der Waals surface area contributed by atoms with E-state index in [-0.39, 0.29) is 10.1 Å².